The number of hydrogen-bond donors (Lipinski definition) is 3. The molecule has 6 nitrogen and oxygen atoms in total. The Balaban J connectivity index is 1.38. The lowest BCUT2D eigenvalue weighted by molar-refractivity contribution is -0.125. The zero-order valence-electron chi connectivity index (χ0n) is 16.1. The van der Waals surface area contributed by atoms with Crippen molar-refractivity contribution in [2.75, 3.05) is 32.8 Å². The molecule has 2 aliphatic heterocycles. The number of hydrogen-bond acceptors (Lipinski definition) is 5. The fourth-order valence-corrected chi connectivity index (χ4v) is 3.92. The van der Waals surface area contributed by atoms with Crippen molar-refractivity contribution >= 4 is 5.91 Å². The van der Waals surface area contributed by atoms with Crippen LogP contribution in [-0.2, 0) is 22.6 Å². The van der Waals surface area contributed by atoms with E-state index in [4.69, 9.17) is 4.74 Å². The number of morpholine rings is 1. The maximum absolute atomic E-state index is 12.9. The van der Waals surface area contributed by atoms with Crippen LogP contribution in [0.2, 0.25) is 0 Å². The summed E-state index contributed by atoms with van der Waals surface area (Å²) in [5.41, 5.74) is 9.95. The molecule has 28 heavy (non-hydrogen) atoms. The van der Waals surface area contributed by atoms with Gasteiger partial charge in [-0.15, -0.1) is 0 Å². The highest BCUT2D eigenvalue weighted by Gasteiger charge is 2.33. The molecular weight excluding hydrogens is 352 g/mol. The Morgan fingerprint density at radius 2 is 1.75 bits per heavy atom. The number of carbonyl (C=O) groups excluding carboxylic acids is 1. The van der Waals surface area contributed by atoms with Crippen molar-refractivity contribution in [2.45, 2.75) is 19.1 Å². The van der Waals surface area contributed by atoms with Crippen molar-refractivity contribution in [3.8, 4) is 0 Å². The average molecular weight is 380 g/mol. The molecule has 2 unspecified atom stereocenters. The molecular formula is C22H28N4O2. The molecule has 2 aliphatic rings. The molecule has 0 spiro atoms. The third-order valence-electron chi connectivity index (χ3n) is 5.55. The van der Waals surface area contributed by atoms with Crippen LogP contribution in [0.25, 0.3) is 0 Å². The first-order valence-electron chi connectivity index (χ1n) is 9.99. The summed E-state index contributed by atoms with van der Waals surface area (Å²) in [4.78, 5) is 15.3. The smallest absolute Gasteiger partial charge is 0.226 e. The van der Waals surface area contributed by atoms with E-state index in [0.29, 0.717) is 13.1 Å². The quantitative estimate of drug-likeness (QED) is 0.711. The predicted octanol–water partition coefficient (Wildman–Crippen LogP) is 1.60. The van der Waals surface area contributed by atoms with Gasteiger partial charge in [0.2, 0.25) is 5.91 Å². The Labute approximate surface area is 166 Å². The highest BCUT2D eigenvalue weighted by molar-refractivity contribution is 5.80. The third kappa shape index (κ3) is 4.59. The van der Waals surface area contributed by atoms with E-state index in [9.17, 15) is 4.79 Å². The van der Waals surface area contributed by atoms with Gasteiger partial charge in [0.15, 0.2) is 0 Å². The van der Waals surface area contributed by atoms with E-state index in [1.807, 2.05) is 24.3 Å². The zero-order chi connectivity index (χ0) is 19.2. The summed E-state index contributed by atoms with van der Waals surface area (Å²) in [5, 5.41) is 3.16. The summed E-state index contributed by atoms with van der Waals surface area (Å²) in [6.07, 6.45) is 0. The number of nitrogens with zero attached hydrogens (tertiary/aromatic N) is 1. The molecule has 2 heterocycles. The minimum atomic E-state index is -0.131. The van der Waals surface area contributed by atoms with Gasteiger partial charge in [-0.1, -0.05) is 54.6 Å². The van der Waals surface area contributed by atoms with E-state index in [1.165, 1.54) is 11.1 Å². The Morgan fingerprint density at radius 1 is 1.04 bits per heavy atom. The number of carbonyl (C=O) groups is 1. The second-order valence-electron chi connectivity index (χ2n) is 7.40. The van der Waals surface area contributed by atoms with Crippen LogP contribution >= 0.6 is 0 Å². The summed E-state index contributed by atoms with van der Waals surface area (Å²) in [5.74, 6) is -0.0543. The molecule has 3 N–H and O–H groups in total. The summed E-state index contributed by atoms with van der Waals surface area (Å²) >= 11 is 0. The molecule has 6 heteroatoms. The number of rotatable bonds is 6. The maximum atomic E-state index is 12.9. The van der Waals surface area contributed by atoms with Crippen LogP contribution in [0, 0.1) is 5.92 Å². The predicted molar refractivity (Wildman–Crippen MR) is 108 cm³/mol. The molecule has 2 atom stereocenters. The van der Waals surface area contributed by atoms with Crippen molar-refractivity contribution in [1.29, 1.82) is 0 Å². The monoisotopic (exact) mass is 380 g/mol. The Hall–Kier alpha value is -2.25. The van der Waals surface area contributed by atoms with E-state index in [2.05, 4.69) is 51.4 Å². The topological polar surface area (TPSA) is 65.6 Å². The van der Waals surface area contributed by atoms with Gasteiger partial charge in [0, 0.05) is 32.7 Å². The first-order chi connectivity index (χ1) is 13.8. The van der Waals surface area contributed by atoms with Gasteiger partial charge in [0.05, 0.1) is 25.2 Å². The molecule has 2 aromatic rings. The number of ether oxygens (including phenoxy) is 1. The first kappa shape index (κ1) is 19.1. The Kier molecular flexibility index (Phi) is 6.34. The van der Waals surface area contributed by atoms with Gasteiger partial charge in [0.1, 0.15) is 0 Å². The lowest BCUT2D eigenvalue weighted by Crippen LogP contribution is -2.37. The van der Waals surface area contributed by atoms with Gasteiger partial charge in [-0.2, -0.15) is 0 Å². The van der Waals surface area contributed by atoms with Gasteiger partial charge < -0.3 is 10.1 Å². The zero-order valence-corrected chi connectivity index (χ0v) is 16.1. The number of benzene rings is 2. The van der Waals surface area contributed by atoms with Crippen LogP contribution in [-0.4, -0.2) is 43.7 Å². The van der Waals surface area contributed by atoms with E-state index in [0.717, 1.165) is 38.4 Å². The van der Waals surface area contributed by atoms with Crippen molar-refractivity contribution in [1.82, 2.24) is 21.1 Å². The van der Waals surface area contributed by atoms with Gasteiger partial charge in [-0.25, -0.2) is 5.43 Å². The van der Waals surface area contributed by atoms with E-state index >= 15 is 0 Å². The van der Waals surface area contributed by atoms with Crippen LogP contribution in [0.5, 0.6) is 0 Å². The summed E-state index contributed by atoms with van der Waals surface area (Å²) in [6.45, 7) is 5.58. The van der Waals surface area contributed by atoms with Crippen molar-refractivity contribution in [3.63, 3.8) is 0 Å². The van der Waals surface area contributed by atoms with E-state index in [-0.39, 0.29) is 17.9 Å². The fraction of sp³-hybridized carbons (Fsp3) is 0.409. The van der Waals surface area contributed by atoms with Gasteiger partial charge >= 0.3 is 0 Å². The van der Waals surface area contributed by atoms with E-state index < -0.39 is 0 Å². The third-order valence-corrected chi connectivity index (χ3v) is 5.55. The fourth-order valence-electron chi connectivity index (χ4n) is 3.92. The van der Waals surface area contributed by atoms with Crippen LogP contribution < -0.4 is 16.2 Å². The highest BCUT2D eigenvalue weighted by Crippen LogP contribution is 2.25. The van der Waals surface area contributed by atoms with Crippen molar-refractivity contribution < 1.29 is 9.53 Å². The largest absolute Gasteiger partial charge is 0.379 e. The molecule has 2 saturated heterocycles. The minimum Gasteiger partial charge on any atom is -0.379 e. The van der Waals surface area contributed by atoms with E-state index in [1.54, 1.807) is 0 Å². The molecule has 4 rings (SSSR count). The SMILES string of the molecule is O=C(NCc1ccccc1CN1CCOCC1)C1CNNC1c1ccccc1. The molecule has 0 radical (unpaired) electrons. The highest BCUT2D eigenvalue weighted by atomic mass is 16.5. The number of amides is 1. The van der Waals surface area contributed by atoms with Crippen LogP contribution in [0.4, 0.5) is 0 Å². The lowest BCUT2D eigenvalue weighted by Gasteiger charge is -2.27. The summed E-state index contributed by atoms with van der Waals surface area (Å²) in [6, 6.07) is 18.5. The molecule has 2 fully saturated rings. The molecule has 148 valence electrons. The molecule has 0 aromatic heterocycles. The van der Waals surface area contributed by atoms with Gasteiger partial charge in [0.25, 0.3) is 0 Å². The normalized spacial score (nSPS) is 22.9. The summed E-state index contributed by atoms with van der Waals surface area (Å²) in [7, 11) is 0. The second-order valence-corrected chi connectivity index (χ2v) is 7.40. The van der Waals surface area contributed by atoms with Crippen LogP contribution in [0.3, 0.4) is 0 Å². The molecule has 1 amide bonds. The molecule has 0 bridgehead atoms. The second kappa shape index (κ2) is 9.30. The van der Waals surface area contributed by atoms with Gasteiger partial charge in [-0.3, -0.25) is 15.1 Å². The Morgan fingerprint density at radius 3 is 2.54 bits per heavy atom. The van der Waals surface area contributed by atoms with Crippen molar-refractivity contribution in [2.24, 2.45) is 5.92 Å². The van der Waals surface area contributed by atoms with Gasteiger partial charge in [-0.05, 0) is 16.7 Å². The molecule has 0 saturated carbocycles. The maximum Gasteiger partial charge on any atom is 0.226 e. The Bertz CT molecular complexity index is 777. The minimum absolute atomic E-state index is 0.00945. The van der Waals surface area contributed by atoms with Crippen LogP contribution in [0.15, 0.2) is 54.6 Å². The lowest BCUT2D eigenvalue weighted by atomic mass is 9.94. The van der Waals surface area contributed by atoms with Crippen LogP contribution in [0.1, 0.15) is 22.7 Å². The standard InChI is InChI=1S/C22H28N4O2/c27-22(20-15-24-25-21(20)17-6-2-1-3-7-17)23-14-18-8-4-5-9-19(18)16-26-10-12-28-13-11-26/h1-9,20-21,24-25H,10-16H2,(H,23,27). The number of nitrogens with one attached hydrogen (secondary N) is 3. The average Bonchev–Trinajstić information content (AvgIpc) is 3.24. The molecule has 0 aliphatic carbocycles. The molecule has 2 aromatic carbocycles. The van der Waals surface area contributed by atoms with Crippen molar-refractivity contribution in [3.05, 3.63) is 71.3 Å². The number of hydrazine groups is 1. The first-order valence-corrected chi connectivity index (χ1v) is 9.99. The summed E-state index contributed by atoms with van der Waals surface area (Å²) < 4.78 is 5.44.